The molecule has 1 N–H and O–H groups in total. The predicted octanol–water partition coefficient (Wildman–Crippen LogP) is 2.91. The first-order chi connectivity index (χ1) is 11.7. The van der Waals surface area contributed by atoms with Crippen LogP contribution in [0.5, 0.6) is 0 Å². The normalized spacial score (nSPS) is 56.8. The largest absolute Gasteiger partial charge is 0.375 e. The molecule has 1 aromatic rings. The average molecular weight is 325 g/mol. The third-order valence-corrected chi connectivity index (χ3v) is 9.22. The van der Waals surface area contributed by atoms with Gasteiger partial charge in [0.05, 0.1) is 0 Å². The predicted molar refractivity (Wildman–Crippen MR) is 87.3 cm³/mol. The molecule has 4 bridgehead atoms. The van der Waals surface area contributed by atoms with Crippen molar-refractivity contribution in [2.24, 2.45) is 47.3 Å². The molecule has 2 nitrogen and oxygen atoms in total. The summed E-state index contributed by atoms with van der Waals surface area (Å²) in [4.78, 5) is 2.56. The Morgan fingerprint density at radius 2 is 2.00 bits per heavy atom. The number of nitrogens with zero attached hydrogens (tertiary/aromatic N) is 1. The van der Waals surface area contributed by atoms with E-state index in [1.807, 2.05) is 6.07 Å². The second-order valence-electron chi connectivity index (χ2n) is 9.48. The van der Waals surface area contributed by atoms with Crippen molar-refractivity contribution in [3.05, 3.63) is 35.6 Å². The molecule has 0 amide bonds. The molecule has 0 aromatic heterocycles. The van der Waals surface area contributed by atoms with Crippen LogP contribution in [-0.4, -0.2) is 28.3 Å². The van der Waals surface area contributed by atoms with Crippen molar-refractivity contribution in [1.29, 1.82) is 0 Å². The lowest BCUT2D eigenvalue weighted by molar-refractivity contribution is -0.131. The maximum absolute atomic E-state index is 13.3. The van der Waals surface area contributed by atoms with E-state index in [-0.39, 0.29) is 5.82 Å². The molecule has 5 saturated carbocycles. The van der Waals surface area contributed by atoms with E-state index in [0.29, 0.717) is 11.8 Å². The van der Waals surface area contributed by atoms with E-state index in [9.17, 15) is 9.50 Å². The molecule has 0 unspecified atom stereocenters. The van der Waals surface area contributed by atoms with Crippen LogP contribution in [0.3, 0.4) is 0 Å². The molecular formula is C21H24FNO. The molecule has 126 valence electrons. The third-order valence-electron chi connectivity index (χ3n) is 9.22. The van der Waals surface area contributed by atoms with Gasteiger partial charge in [-0.25, -0.2) is 4.39 Å². The molecule has 24 heavy (non-hydrogen) atoms. The van der Waals surface area contributed by atoms with Gasteiger partial charge in [0.2, 0.25) is 0 Å². The smallest absolute Gasteiger partial charge is 0.125 e. The quantitative estimate of drug-likeness (QED) is 0.842. The summed E-state index contributed by atoms with van der Waals surface area (Å²) in [6.45, 7) is 1.05. The van der Waals surface area contributed by atoms with Crippen molar-refractivity contribution in [3.63, 3.8) is 0 Å². The number of hydrogen-bond donors (Lipinski definition) is 1. The first kappa shape index (κ1) is 13.3. The molecule has 10 atom stereocenters. The van der Waals surface area contributed by atoms with Gasteiger partial charge in [-0.2, -0.15) is 0 Å². The fourth-order valence-corrected chi connectivity index (χ4v) is 9.17. The molecular weight excluding hydrogens is 301 g/mol. The van der Waals surface area contributed by atoms with Crippen molar-refractivity contribution < 1.29 is 9.50 Å². The van der Waals surface area contributed by atoms with E-state index < -0.39 is 5.72 Å². The van der Waals surface area contributed by atoms with E-state index in [1.54, 1.807) is 12.1 Å². The van der Waals surface area contributed by atoms with Crippen LogP contribution in [0.15, 0.2) is 24.3 Å². The minimum atomic E-state index is -0.421. The zero-order chi connectivity index (χ0) is 15.8. The van der Waals surface area contributed by atoms with Gasteiger partial charge in [0.1, 0.15) is 11.5 Å². The molecule has 2 heterocycles. The van der Waals surface area contributed by atoms with Gasteiger partial charge in [0, 0.05) is 24.4 Å². The zero-order valence-electron chi connectivity index (χ0n) is 13.8. The number of unbranched alkanes of at least 4 members (excludes halogenated alkanes) is 1. The minimum Gasteiger partial charge on any atom is -0.375 e. The molecule has 2 aliphatic heterocycles. The first-order valence-electron chi connectivity index (χ1n) is 9.95. The molecule has 7 fully saturated rings. The lowest BCUT2D eigenvalue weighted by Crippen LogP contribution is -2.51. The fourth-order valence-electron chi connectivity index (χ4n) is 9.17. The topological polar surface area (TPSA) is 23.5 Å². The van der Waals surface area contributed by atoms with Gasteiger partial charge in [0.25, 0.3) is 0 Å². The molecule has 8 rings (SSSR count). The number of hydrogen-bond acceptors (Lipinski definition) is 2. The summed E-state index contributed by atoms with van der Waals surface area (Å²) in [5, 5.41) is 11.6. The second-order valence-corrected chi connectivity index (χ2v) is 9.48. The maximum Gasteiger partial charge on any atom is 0.125 e. The van der Waals surface area contributed by atoms with Crippen LogP contribution in [0.4, 0.5) is 4.39 Å². The average Bonchev–Trinajstić information content (AvgIpc) is 3.17. The summed E-state index contributed by atoms with van der Waals surface area (Å²) < 4.78 is 13.3. The SMILES string of the molecule is O[C@@]12[C@@H]3[C@@H]4[C@H]5C[C@H]6[C@@H]4[C@@H]3[C@H]([C@H]6[C@H]51)N2CCCCc1cccc(F)c1. The van der Waals surface area contributed by atoms with Crippen LogP contribution in [0.2, 0.25) is 0 Å². The zero-order valence-corrected chi connectivity index (χ0v) is 13.8. The highest BCUT2D eigenvalue weighted by atomic mass is 19.1. The highest BCUT2D eigenvalue weighted by molar-refractivity contribution is 5.40. The Balaban J connectivity index is 1.08. The van der Waals surface area contributed by atoms with Crippen molar-refractivity contribution in [2.45, 2.75) is 37.5 Å². The minimum absolute atomic E-state index is 0.130. The highest BCUT2D eigenvalue weighted by Gasteiger charge is 2.93. The Morgan fingerprint density at radius 3 is 2.88 bits per heavy atom. The van der Waals surface area contributed by atoms with E-state index in [4.69, 9.17) is 0 Å². The standard InChI is InChI=1S/C21H24FNO/c22-11-6-3-5-10(8-11)4-1-2-7-23-20-16-12-9-13-15-14(12)17(20)19(15)21(23,24)18(13)16/h3,5-6,8,12-20,24H,1-2,4,7,9H2/t12-,13+,14-,15+,16+,17-,18-,19+,20-,21+/m0/s1. The summed E-state index contributed by atoms with van der Waals surface area (Å²) in [6, 6.07) is 7.72. The molecule has 3 heteroatoms. The second kappa shape index (κ2) is 3.91. The summed E-state index contributed by atoms with van der Waals surface area (Å²) >= 11 is 0. The lowest BCUT2D eigenvalue weighted by atomic mass is 9.59. The van der Waals surface area contributed by atoms with Gasteiger partial charge in [-0.15, -0.1) is 0 Å². The van der Waals surface area contributed by atoms with E-state index >= 15 is 0 Å². The number of aliphatic hydroxyl groups is 1. The first-order valence-corrected chi connectivity index (χ1v) is 9.95. The third kappa shape index (κ3) is 1.15. The van der Waals surface area contributed by atoms with E-state index in [2.05, 4.69) is 4.90 Å². The van der Waals surface area contributed by atoms with Gasteiger partial charge < -0.3 is 5.11 Å². The Kier molecular flexibility index (Phi) is 2.17. The Hall–Kier alpha value is -0.930. The lowest BCUT2D eigenvalue weighted by Gasteiger charge is -2.45. The number of benzene rings is 1. The Labute approximate surface area is 142 Å². The van der Waals surface area contributed by atoms with Crippen LogP contribution in [0, 0.1) is 53.2 Å². The van der Waals surface area contributed by atoms with Crippen LogP contribution >= 0.6 is 0 Å². The molecule has 7 aliphatic rings. The number of halogens is 1. The summed E-state index contributed by atoms with van der Waals surface area (Å²) in [7, 11) is 0. The van der Waals surface area contributed by atoms with Gasteiger partial charge in [-0.1, -0.05) is 12.1 Å². The summed E-state index contributed by atoms with van der Waals surface area (Å²) in [5.74, 6) is 6.56. The maximum atomic E-state index is 13.3. The van der Waals surface area contributed by atoms with Crippen molar-refractivity contribution in [1.82, 2.24) is 4.90 Å². The molecule has 1 aromatic carbocycles. The van der Waals surface area contributed by atoms with E-state index in [0.717, 1.165) is 72.9 Å². The van der Waals surface area contributed by atoms with Crippen molar-refractivity contribution in [3.8, 4) is 0 Å². The fraction of sp³-hybridized carbons (Fsp3) is 0.714. The monoisotopic (exact) mass is 325 g/mol. The molecule has 0 radical (unpaired) electrons. The molecule has 5 aliphatic carbocycles. The van der Waals surface area contributed by atoms with Crippen LogP contribution in [-0.2, 0) is 6.42 Å². The highest BCUT2D eigenvalue weighted by Crippen LogP contribution is 2.90. The van der Waals surface area contributed by atoms with Gasteiger partial charge in [0.15, 0.2) is 0 Å². The molecule has 2 saturated heterocycles. The van der Waals surface area contributed by atoms with Crippen LogP contribution in [0.1, 0.15) is 24.8 Å². The Morgan fingerprint density at radius 1 is 1.08 bits per heavy atom. The van der Waals surface area contributed by atoms with Crippen molar-refractivity contribution in [2.75, 3.05) is 6.54 Å². The number of aryl methyl sites for hydroxylation is 1. The summed E-state index contributed by atoms with van der Waals surface area (Å²) in [6.07, 6.45) is 4.61. The summed E-state index contributed by atoms with van der Waals surface area (Å²) in [5.41, 5.74) is 0.680. The molecule has 0 spiro atoms. The van der Waals surface area contributed by atoms with Crippen molar-refractivity contribution >= 4 is 0 Å². The van der Waals surface area contributed by atoms with Gasteiger partial charge in [-0.3, -0.25) is 4.90 Å². The van der Waals surface area contributed by atoms with Gasteiger partial charge in [-0.05, 0) is 78.9 Å². The van der Waals surface area contributed by atoms with E-state index in [1.165, 1.54) is 12.5 Å². The van der Waals surface area contributed by atoms with Crippen LogP contribution < -0.4 is 0 Å². The van der Waals surface area contributed by atoms with Gasteiger partial charge >= 0.3 is 0 Å². The Bertz CT molecular complexity index is 751. The number of rotatable bonds is 5. The van der Waals surface area contributed by atoms with Crippen LogP contribution in [0.25, 0.3) is 0 Å².